The van der Waals surface area contributed by atoms with Crippen molar-refractivity contribution in [3.63, 3.8) is 0 Å². The minimum Gasteiger partial charge on any atom is -0.436 e. The highest BCUT2D eigenvalue weighted by Gasteiger charge is 2.12. The Morgan fingerprint density at radius 3 is 2.84 bits per heavy atom. The number of para-hydroxylation sites is 1. The lowest BCUT2D eigenvalue weighted by molar-refractivity contribution is -0.115. The van der Waals surface area contributed by atoms with Gasteiger partial charge >= 0.3 is 0 Å². The van der Waals surface area contributed by atoms with Crippen LogP contribution in [0.5, 0.6) is 11.6 Å². The fourth-order valence-corrected chi connectivity index (χ4v) is 1.75. The van der Waals surface area contributed by atoms with Crippen molar-refractivity contribution in [3.05, 3.63) is 36.5 Å². The quantitative estimate of drug-likeness (QED) is 0.825. The van der Waals surface area contributed by atoms with Gasteiger partial charge in [-0.25, -0.2) is 0 Å². The number of aromatic nitrogens is 2. The zero-order valence-corrected chi connectivity index (χ0v) is 11.4. The first kappa shape index (κ1) is 13.5. The van der Waals surface area contributed by atoms with Gasteiger partial charge in [-0.15, -0.1) is 5.10 Å². The molecule has 2 rings (SSSR count). The van der Waals surface area contributed by atoms with Crippen molar-refractivity contribution < 1.29 is 9.53 Å². The van der Waals surface area contributed by atoms with Gasteiger partial charge in [-0.3, -0.25) is 9.48 Å². The zero-order chi connectivity index (χ0) is 13.7. The molecule has 1 aromatic carbocycles. The molecule has 0 atom stereocenters. The molecule has 0 unspecified atom stereocenters. The second kappa shape index (κ2) is 6.29. The molecular weight excluding hydrogens is 262 g/mol. The Balaban J connectivity index is 2.14. The molecule has 100 valence electrons. The van der Waals surface area contributed by atoms with Crippen molar-refractivity contribution in [3.8, 4) is 11.6 Å². The number of amides is 1. The topological polar surface area (TPSA) is 56.2 Å². The van der Waals surface area contributed by atoms with Crippen LogP contribution in [0.4, 0.5) is 5.69 Å². The number of hydrogen-bond donors (Lipinski definition) is 2. The van der Waals surface area contributed by atoms with E-state index in [9.17, 15) is 4.79 Å². The van der Waals surface area contributed by atoms with Gasteiger partial charge in [0.15, 0.2) is 0 Å². The van der Waals surface area contributed by atoms with Gasteiger partial charge in [0, 0.05) is 13.5 Å². The lowest BCUT2D eigenvalue weighted by Crippen LogP contribution is -2.11. The average Bonchev–Trinajstić information content (AvgIpc) is 2.71. The number of aryl methyl sites for hydroxylation is 1. The molecule has 0 bridgehead atoms. The van der Waals surface area contributed by atoms with Gasteiger partial charge in [0.05, 0.1) is 6.20 Å². The molecule has 6 heteroatoms. The molecule has 19 heavy (non-hydrogen) atoms. The molecule has 1 heterocycles. The first-order chi connectivity index (χ1) is 9.19. The molecule has 0 aliphatic rings. The smallest absolute Gasteiger partial charge is 0.262 e. The Morgan fingerprint density at radius 2 is 2.16 bits per heavy atom. The third-order valence-electron chi connectivity index (χ3n) is 2.37. The van der Waals surface area contributed by atoms with E-state index < -0.39 is 0 Å². The maximum absolute atomic E-state index is 11.6. The number of nitrogens with one attached hydrogen (secondary N) is 1. The van der Waals surface area contributed by atoms with Gasteiger partial charge in [0.1, 0.15) is 11.4 Å². The van der Waals surface area contributed by atoms with Crippen LogP contribution in [0.15, 0.2) is 36.5 Å². The normalized spacial score (nSPS) is 10.2. The van der Waals surface area contributed by atoms with Gasteiger partial charge < -0.3 is 10.1 Å². The summed E-state index contributed by atoms with van der Waals surface area (Å²) >= 11 is 4.02. The van der Waals surface area contributed by atoms with E-state index in [1.54, 1.807) is 17.9 Å². The molecule has 0 aliphatic heterocycles. The number of carbonyl (C=O) groups excluding carboxylic acids is 1. The van der Waals surface area contributed by atoms with Crippen LogP contribution in [0, 0.1) is 0 Å². The van der Waals surface area contributed by atoms with E-state index in [2.05, 4.69) is 23.0 Å². The van der Waals surface area contributed by atoms with Crippen molar-refractivity contribution in [1.29, 1.82) is 0 Å². The van der Waals surface area contributed by atoms with E-state index in [0.29, 0.717) is 29.5 Å². The number of hydrogen-bond acceptors (Lipinski definition) is 4. The second-order valence-electron chi connectivity index (χ2n) is 3.96. The molecule has 0 aliphatic carbocycles. The standard InChI is InChI=1S/C13H15N3O2S/c1-16-9-11(14-12(17)7-8-19)13(15-16)18-10-5-3-2-4-6-10/h2-6,9,19H,7-8H2,1H3,(H,14,17). The largest absolute Gasteiger partial charge is 0.436 e. The third-order valence-corrected chi connectivity index (χ3v) is 2.59. The summed E-state index contributed by atoms with van der Waals surface area (Å²) in [6.45, 7) is 0. The van der Waals surface area contributed by atoms with Gasteiger partial charge in [-0.2, -0.15) is 12.6 Å². The van der Waals surface area contributed by atoms with Crippen LogP contribution in [0.3, 0.4) is 0 Å². The maximum atomic E-state index is 11.6. The monoisotopic (exact) mass is 277 g/mol. The van der Waals surface area contributed by atoms with Gasteiger partial charge in [-0.05, 0) is 17.9 Å². The van der Waals surface area contributed by atoms with E-state index in [1.807, 2.05) is 30.3 Å². The maximum Gasteiger partial charge on any atom is 0.262 e. The molecule has 0 saturated heterocycles. The number of nitrogens with zero attached hydrogens (tertiary/aromatic N) is 2. The number of ether oxygens (including phenoxy) is 1. The molecule has 1 N–H and O–H groups in total. The predicted octanol–water partition coefficient (Wildman–Crippen LogP) is 2.47. The summed E-state index contributed by atoms with van der Waals surface area (Å²) in [5.41, 5.74) is 0.554. The first-order valence-electron chi connectivity index (χ1n) is 5.86. The highest BCUT2D eigenvalue weighted by Crippen LogP contribution is 2.27. The van der Waals surface area contributed by atoms with Gasteiger partial charge in [0.2, 0.25) is 5.91 Å². The number of carbonyl (C=O) groups is 1. The Hall–Kier alpha value is -1.95. The van der Waals surface area contributed by atoms with Crippen molar-refractivity contribution in [2.24, 2.45) is 7.05 Å². The van der Waals surface area contributed by atoms with Crippen LogP contribution < -0.4 is 10.1 Å². The van der Waals surface area contributed by atoms with E-state index in [-0.39, 0.29) is 5.91 Å². The number of anilines is 1. The summed E-state index contributed by atoms with van der Waals surface area (Å²) < 4.78 is 7.24. The van der Waals surface area contributed by atoms with E-state index in [0.717, 1.165) is 0 Å². The van der Waals surface area contributed by atoms with Crippen LogP contribution in [-0.4, -0.2) is 21.4 Å². The number of benzene rings is 1. The van der Waals surface area contributed by atoms with E-state index >= 15 is 0 Å². The number of rotatable bonds is 5. The highest BCUT2D eigenvalue weighted by molar-refractivity contribution is 7.80. The fourth-order valence-electron chi connectivity index (χ4n) is 1.54. The summed E-state index contributed by atoms with van der Waals surface area (Å²) in [6.07, 6.45) is 2.05. The van der Waals surface area contributed by atoms with Crippen LogP contribution in [0.2, 0.25) is 0 Å². The third kappa shape index (κ3) is 3.75. The highest BCUT2D eigenvalue weighted by atomic mass is 32.1. The SMILES string of the molecule is Cn1cc(NC(=O)CCS)c(Oc2ccccc2)n1. The van der Waals surface area contributed by atoms with Crippen molar-refractivity contribution >= 4 is 24.2 Å². The molecule has 2 aromatic rings. The first-order valence-corrected chi connectivity index (χ1v) is 6.49. The lowest BCUT2D eigenvalue weighted by atomic mass is 10.3. The average molecular weight is 277 g/mol. The van der Waals surface area contributed by atoms with E-state index in [4.69, 9.17) is 4.74 Å². The molecule has 1 amide bonds. The molecular formula is C13H15N3O2S. The summed E-state index contributed by atoms with van der Waals surface area (Å²) in [5.74, 6) is 1.44. The minimum atomic E-state index is -0.110. The lowest BCUT2D eigenvalue weighted by Gasteiger charge is -2.05. The van der Waals surface area contributed by atoms with Crippen molar-refractivity contribution in [2.45, 2.75) is 6.42 Å². The summed E-state index contributed by atoms with van der Waals surface area (Å²) in [5, 5.41) is 6.94. The molecule has 1 aromatic heterocycles. The van der Waals surface area contributed by atoms with Gasteiger partial charge in [-0.1, -0.05) is 18.2 Å². The Bertz CT molecular complexity index is 554. The Morgan fingerprint density at radius 1 is 1.42 bits per heavy atom. The Kier molecular flexibility index (Phi) is 4.46. The van der Waals surface area contributed by atoms with Crippen LogP contribution in [0.25, 0.3) is 0 Å². The molecule has 0 fully saturated rings. The molecule has 0 saturated carbocycles. The van der Waals surface area contributed by atoms with Crippen LogP contribution in [-0.2, 0) is 11.8 Å². The summed E-state index contributed by atoms with van der Waals surface area (Å²) in [6, 6.07) is 9.30. The second-order valence-corrected chi connectivity index (χ2v) is 4.41. The molecule has 0 spiro atoms. The van der Waals surface area contributed by atoms with E-state index in [1.165, 1.54) is 0 Å². The van der Waals surface area contributed by atoms with Gasteiger partial charge in [0.25, 0.3) is 5.88 Å². The summed E-state index contributed by atoms with van der Waals surface area (Å²) in [7, 11) is 1.77. The fraction of sp³-hybridized carbons (Fsp3) is 0.231. The zero-order valence-electron chi connectivity index (χ0n) is 10.5. The molecule has 0 radical (unpaired) electrons. The molecule has 5 nitrogen and oxygen atoms in total. The predicted molar refractivity (Wildman–Crippen MR) is 76.8 cm³/mol. The minimum absolute atomic E-state index is 0.110. The van der Waals surface area contributed by atoms with Crippen LogP contribution in [0.1, 0.15) is 6.42 Å². The van der Waals surface area contributed by atoms with Crippen molar-refractivity contribution in [1.82, 2.24) is 9.78 Å². The van der Waals surface area contributed by atoms with Crippen LogP contribution >= 0.6 is 12.6 Å². The summed E-state index contributed by atoms with van der Waals surface area (Å²) in [4.78, 5) is 11.6. The number of thiol groups is 1. The van der Waals surface area contributed by atoms with Crippen molar-refractivity contribution in [2.75, 3.05) is 11.1 Å². The Labute approximate surface area is 117 Å².